The fourth-order valence-electron chi connectivity index (χ4n) is 1.93. The summed E-state index contributed by atoms with van der Waals surface area (Å²) in [5.74, 6) is 0.845. The lowest BCUT2D eigenvalue weighted by Crippen LogP contribution is -2.04. The molecule has 88 valence electrons. The minimum Gasteiger partial charge on any atom is -0.398 e. The topological polar surface area (TPSA) is 50.9 Å². The summed E-state index contributed by atoms with van der Waals surface area (Å²) in [6, 6.07) is 5.96. The molecule has 0 bridgehead atoms. The van der Waals surface area contributed by atoms with Gasteiger partial charge in [0.15, 0.2) is 0 Å². The number of anilines is 2. The van der Waals surface area contributed by atoms with Gasteiger partial charge in [-0.15, -0.1) is 0 Å². The van der Waals surface area contributed by atoms with E-state index in [1.54, 1.807) is 0 Å². The molecule has 3 rings (SSSR count). The van der Waals surface area contributed by atoms with E-state index in [-0.39, 0.29) is 0 Å². The molecule has 0 amide bonds. The van der Waals surface area contributed by atoms with Crippen LogP contribution in [0, 0.1) is 5.92 Å². The van der Waals surface area contributed by atoms with E-state index in [4.69, 9.17) is 5.73 Å². The third-order valence-electron chi connectivity index (χ3n) is 3.13. The highest BCUT2D eigenvalue weighted by Gasteiger charge is 2.21. The Balaban J connectivity index is 2.02. The van der Waals surface area contributed by atoms with Crippen molar-refractivity contribution in [3.8, 4) is 0 Å². The zero-order chi connectivity index (χ0) is 11.8. The maximum atomic E-state index is 5.97. The molecule has 4 heteroatoms. The Morgan fingerprint density at radius 3 is 3.00 bits per heavy atom. The smallest absolute Gasteiger partial charge is 0.0954 e. The van der Waals surface area contributed by atoms with Crippen LogP contribution in [0.5, 0.6) is 0 Å². The highest BCUT2D eigenvalue weighted by atomic mass is 79.9. The third kappa shape index (κ3) is 2.22. The van der Waals surface area contributed by atoms with Crippen LogP contribution in [0.25, 0.3) is 10.9 Å². The Morgan fingerprint density at radius 1 is 1.41 bits per heavy atom. The van der Waals surface area contributed by atoms with E-state index in [1.807, 2.05) is 24.4 Å². The van der Waals surface area contributed by atoms with E-state index >= 15 is 0 Å². The second-order valence-electron chi connectivity index (χ2n) is 4.58. The van der Waals surface area contributed by atoms with Crippen LogP contribution >= 0.6 is 15.9 Å². The Hall–Kier alpha value is -1.29. The van der Waals surface area contributed by atoms with Crippen molar-refractivity contribution in [1.29, 1.82) is 0 Å². The van der Waals surface area contributed by atoms with Crippen LogP contribution in [0.2, 0.25) is 0 Å². The van der Waals surface area contributed by atoms with Gasteiger partial charge in [-0.25, -0.2) is 0 Å². The lowest BCUT2D eigenvalue weighted by Gasteiger charge is -2.10. The zero-order valence-corrected chi connectivity index (χ0v) is 11.0. The second kappa shape index (κ2) is 4.18. The molecule has 17 heavy (non-hydrogen) atoms. The first kappa shape index (κ1) is 10.8. The van der Waals surface area contributed by atoms with E-state index in [1.165, 1.54) is 12.8 Å². The molecule has 2 aromatic rings. The van der Waals surface area contributed by atoms with E-state index < -0.39 is 0 Å². The number of hydrogen-bond acceptors (Lipinski definition) is 3. The van der Waals surface area contributed by atoms with Crippen LogP contribution in [-0.2, 0) is 0 Å². The van der Waals surface area contributed by atoms with E-state index in [0.29, 0.717) is 0 Å². The summed E-state index contributed by atoms with van der Waals surface area (Å²) in [6.07, 6.45) is 4.50. The van der Waals surface area contributed by atoms with E-state index in [9.17, 15) is 0 Å². The first-order valence-electron chi connectivity index (χ1n) is 5.81. The third-order valence-corrected chi connectivity index (χ3v) is 3.56. The van der Waals surface area contributed by atoms with Gasteiger partial charge in [0.05, 0.1) is 11.2 Å². The summed E-state index contributed by atoms with van der Waals surface area (Å²) in [7, 11) is 0. The molecule has 0 aliphatic heterocycles. The first-order valence-corrected chi connectivity index (χ1v) is 6.61. The van der Waals surface area contributed by atoms with Gasteiger partial charge in [-0.2, -0.15) is 0 Å². The molecule has 0 unspecified atom stereocenters. The predicted molar refractivity (Wildman–Crippen MR) is 75.1 cm³/mol. The minimum absolute atomic E-state index is 0.769. The average molecular weight is 292 g/mol. The van der Waals surface area contributed by atoms with E-state index in [2.05, 4.69) is 26.2 Å². The molecule has 0 radical (unpaired) electrons. The van der Waals surface area contributed by atoms with Crippen molar-refractivity contribution in [3.05, 3.63) is 28.9 Å². The van der Waals surface area contributed by atoms with Gasteiger partial charge < -0.3 is 11.1 Å². The maximum Gasteiger partial charge on any atom is 0.0954 e. The van der Waals surface area contributed by atoms with Crippen LogP contribution in [0.4, 0.5) is 11.4 Å². The monoisotopic (exact) mass is 291 g/mol. The standard InChI is InChI=1S/C13H14BrN3/c14-9-5-10-11(15)3-4-12(13(10)17-7-9)16-6-8-1-2-8/h3-5,7-8,16H,1-2,6,15H2. The van der Waals surface area contributed by atoms with Crippen LogP contribution in [0.3, 0.4) is 0 Å². The molecule has 1 aromatic heterocycles. The summed E-state index contributed by atoms with van der Waals surface area (Å²) >= 11 is 3.42. The lowest BCUT2D eigenvalue weighted by molar-refractivity contribution is 0.890. The molecule has 1 saturated carbocycles. The van der Waals surface area contributed by atoms with Gasteiger partial charge in [0.2, 0.25) is 0 Å². The number of pyridine rings is 1. The number of benzene rings is 1. The van der Waals surface area contributed by atoms with Crippen LogP contribution in [-0.4, -0.2) is 11.5 Å². The Kier molecular flexibility index (Phi) is 2.67. The van der Waals surface area contributed by atoms with E-state index in [0.717, 1.165) is 39.2 Å². The molecule has 1 aliphatic carbocycles. The number of rotatable bonds is 3. The van der Waals surface area contributed by atoms with Crippen molar-refractivity contribution in [2.75, 3.05) is 17.6 Å². The predicted octanol–water partition coefficient (Wildman–Crippen LogP) is 3.40. The fraction of sp³-hybridized carbons (Fsp3) is 0.308. The molecular formula is C13H14BrN3. The number of hydrogen-bond donors (Lipinski definition) is 2. The van der Waals surface area contributed by atoms with Crippen LogP contribution in [0.15, 0.2) is 28.9 Å². The molecule has 0 atom stereocenters. The highest BCUT2D eigenvalue weighted by molar-refractivity contribution is 9.10. The van der Waals surface area contributed by atoms with Crippen molar-refractivity contribution in [3.63, 3.8) is 0 Å². The Bertz CT molecular complexity index is 564. The van der Waals surface area contributed by atoms with Gasteiger partial charge in [-0.1, -0.05) is 0 Å². The number of aromatic nitrogens is 1. The second-order valence-corrected chi connectivity index (χ2v) is 5.49. The van der Waals surface area contributed by atoms with Gasteiger partial charge in [-0.3, -0.25) is 4.98 Å². The zero-order valence-electron chi connectivity index (χ0n) is 9.41. The number of nitrogens with one attached hydrogen (secondary N) is 1. The van der Waals surface area contributed by atoms with Crippen molar-refractivity contribution in [2.24, 2.45) is 5.92 Å². The van der Waals surface area contributed by atoms with Crippen molar-refractivity contribution in [2.45, 2.75) is 12.8 Å². The highest BCUT2D eigenvalue weighted by Crippen LogP contribution is 2.32. The van der Waals surface area contributed by atoms with Crippen LogP contribution in [0.1, 0.15) is 12.8 Å². The number of nitrogen functional groups attached to an aromatic ring is 1. The number of halogens is 1. The quantitative estimate of drug-likeness (QED) is 0.852. The van der Waals surface area contributed by atoms with Gasteiger partial charge in [0.1, 0.15) is 0 Å². The Labute approximate surface area is 109 Å². The molecule has 0 saturated heterocycles. The molecule has 1 heterocycles. The molecular weight excluding hydrogens is 278 g/mol. The minimum atomic E-state index is 0.769. The number of fused-ring (bicyclic) bond motifs is 1. The molecule has 1 fully saturated rings. The molecule has 3 nitrogen and oxygen atoms in total. The van der Waals surface area contributed by atoms with Crippen molar-refractivity contribution >= 4 is 38.2 Å². The largest absolute Gasteiger partial charge is 0.398 e. The van der Waals surface area contributed by atoms with Crippen LogP contribution < -0.4 is 11.1 Å². The van der Waals surface area contributed by atoms with Gasteiger partial charge in [0.25, 0.3) is 0 Å². The molecule has 0 spiro atoms. The summed E-state index contributed by atoms with van der Waals surface area (Å²) in [6.45, 7) is 1.04. The van der Waals surface area contributed by atoms with Crippen molar-refractivity contribution < 1.29 is 0 Å². The van der Waals surface area contributed by atoms with Gasteiger partial charge >= 0.3 is 0 Å². The lowest BCUT2D eigenvalue weighted by atomic mass is 10.1. The summed E-state index contributed by atoms with van der Waals surface area (Å²) < 4.78 is 0.955. The summed E-state index contributed by atoms with van der Waals surface area (Å²) in [4.78, 5) is 4.45. The summed E-state index contributed by atoms with van der Waals surface area (Å²) in [5.41, 5.74) is 8.77. The Morgan fingerprint density at radius 2 is 2.24 bits per heavy atom. The van der Waals surface area contributed by atoms with Crippen molar-refractivity contribution in [1.82, 2.24) is 4.98 Å². The average Bonchev–Trinajstić information content (AvgIpc) is 3.13. The fourth-order valence-corrected chi connectivity index (χ4v) is 2.27. The number of nitrogens with two attached hydrogens (primary N) is 1. The number of nitrogens with zero attached hydrogens (tertiary/aromatic N) is 1. The maximum absolute atomic E-state index is 5.97. The van der Waals surface area contributed by atoms with Gasteiger partial charge in [0, 0.05) is 28.3 Å². The normalized spacial score (nSPS) is 15.1. The molecule has 3 N–H and O–H groups in total. The van der Waals surface area contributed by atoms with Gasteiger partial charge in [-0.05, 0) is 52.9 Å². The molecule has 1 aliphatic rings. The summed E-state index contributed by atoms with van der Waals surface area (Å²) in [5, 5.41) is 4.46. The SMILES string of the molecule is Nc1ccc(NCC2CC2)c2ncc(Br)cc12. The molecule has 1 aromatic carbocycles. The first-order chi connectivity index (χ1) is 8.24.